The topological polar surface area (TPSA) is 49.8 Å². The van der Waals surface area contributed by atoms with Gasteiger partial charge in [0.1, 0.15) is 0 Å². The predicted molar refractivity (Wildman–Crippen MR) is 80.0 cm³/mol. The highest BCUT2D eigenvalue weighted by atomic mass is 35.5. The molecule has 1 rings (SSSR count). The third-order valence-electron chi connectivity index (χ3n) is 3.27. The Morgan fingerprint density at radius 1 is 1.50 bits per heavy atom. The highest BCUT2D eigenvalue weighted by molar-refractivity contribution is 6.30. The molecule has 0 bridgehead atoms. The Morgan fingerprint density at radius 2 is 2.15 bits per heavy atom. The number of hydrogen-bond acceptors (Lipinski definition) is 3. The van der Waals surface area contributed by atoms with E-state index in [1.807, 2.05) is 26.0 Å². The van der Waals surface area contributed by atoms with E-state index >= 15 is 0 Å². The molecule has 20 heavy (non-hydrogen) atoms. The van der Waals surface area contributed by atoms with Gasteiger partial charge in [0.25, 0.3) is 0 Å². The lowest BCUT2D eigenvalue weighted by atomic mass is 9.83. The highest BCUT2D eigenvalue weighted by Gasteiger charge is 2.33. The van der Waals surface area contributed by atoms with Crippen molar-refractivity contribution in [1.82, 2.24) is 4.90 Å². The van der Waals surface area contributed by atoms with Crippen LogP contribution in [0.3, 0.4) is 0 Å². The van der Waals surface area contributed by atoms with Crippen LogP contribution in [0.15, 0.2) is 24.3 Å². The molecule has 0 fully saturated rings. The number of hydrogen-bond donors (Lipinski definition) is 1. The fourth-order valence-electron chi connectivity index (χ4n) is 2.12. The van der Waals surface area contributed by atoms with Crippen LogP contribution in [0, 0.1) is 0 Å². The van der Waals surface area contributed by atoms with Crippen molar-refractivity contribution in [1.29, 1.82) is 0 Å². The molecule has 1 N–H and O–H groups in total. The molecule has 0 radical (unpaired) electrons. The number of rotatable bonds is 6. The summed E-state index contributed by atoms with van der Waals surface area (Å²) in [6.45, 7) is 4.13. The molecule has 4 nitrogen and oxygen atoms in total. The van der Waals surface area contributed by atoms with E-state index < -0.39 is 11.5 Å². The molecule has 0 aliphatic carbocycles. The number of methoxy groups -OCH3 is 1. The summed E-state index contributed by atoms with van der Waals surface area (Å²) < 4.78 is 4.86. The normalized spacial score (nSPS) is 13.1. The van der Waals surface area contributed by atoms with Gasteiger partial charge in [-0.3, -0.25) is 4.79 Å². The average Bonchev–Trinajstić information content (AvgIpc) is 2.37. The first-order chi connectivity index (χ1) is 9.28. The number of likely N-dealkylation sites (N-methyl/N-ethyl adjacent to an activating group) is 1. The van der Waals surface area contributed by atoms with Crippen LogP contribution >= 0.6 is 11.6 Å². The van der Waals surface area contributed by atoms with Gasteiger partial charge in [-0.05, 0) is 31.5 Å². The number of amides is 1. The van der Waals surface area contributed by atoms with Crippen molar-refractivity contribution in [3.05, 3.63) is 34.9 Å². The fourth-order valence-corrected chi connectivity index (χ4v) is 2.31. The van der Waals surface area contributed by atoms with E-state index in [0.717, 1.165) is 5.56 Å². The van der Waals surface area contributed by atoms with E-state index in [1.165, 1.54) is 12.0 Å². The van der Waals surface area contributed by atoms with Crippen LogP contribution < -0.4 is 0 Å². The van der Waals surface area contributed by atoms with E-state index in [0.29, 0.717) is 5.02 Å². The zero-order valence-electron chi connectivity index (χ0n) is 12.4. The lowest BCUT2D eigenvalue weighted by molar-refractivity contribution is -0.136. The summed E-state index contributed by atoms with van der Waals surface area (Å²) in [4.78, 5) is 14.1. The number of carbonyl (C=O) groups is 1. The molecule has 5 heteroatoms. The highest BCUT2D eigenvalue weighted by Crippen LogP contribution is 2.27. The van der Waals surface area contributed by atoms with Crippen LogP contribution in [0.4, 0.5) is 0 Å². The van der Waals surface area contributed by atoms with E-state index in [-0.39, 0.29) is 19.1 Å². The number of aliphatic hydroxyl groups is 1. The van der Waals surface area contributed by atoms with Gasteiger partial charge in [0, 0.05) is 25.7 Å². The molecule has 0 spiro atoms. The maximum Gasteiger partial charge on any atom is 0.232 e. The van der Waals surface area contributed by atoms with Crippen molar-refractivity contribution in [3.63, 3.8) is 0 Å². The molecule has 0 saturated heterocycles. The minimum Gasteiger partial charge on any atom is -0.389 e. The molecular weight excluding hydrogens is 278 g/mol. The molecule has 0 aliphatic rings. The number of nitrogens with zero attached hydrogens (tertiary/aromatic N) is 1. The lowest BCUT2D eigenvalue weighted by Crippen LogP contribution is -2.45. The Kier molecular flexibility index (Phi) is 5.99. The van der Waals surface area contributed by atoms with Crippen molar-refractivity contribution in [2.45, 2.75) is 25.4 Å². The number of halogens is 1. The predicted octanol–water partition coefficient (Wildman–Crippen LogP) is 2.08. The molecule has 0 heterocycles. The second kappa shape index (κ2) is 7.07. The molecule has 0 aliphatic heterocycles. The molecule has 1 amide bonds. The molecule has 0 aromatic heterocycles. The summed E-state index contributed by atoms with van der Waals surface area (Å²) >= 11 is 5.98. The maximum absolute atomic E-state index is 12.5. The molecular formula is C15H22ClNO3. The molecule has 1 aromatic rings. The first-order valence-electron chi connectivity index (χ1n) is 6.47. The van der Waals surface area contributed by atoms with Crippen molar-refractivity contribution in [2.24, 2.45) is 0 Å². The van der Waals surface area contributed by atoms with Crippen LogP contribution in [0.2, 0.25) is 5.02 Å². The SMILES string of the molecule is COC[C@@H](O)CN(C)C(=O)C(C)(C)c1cccc(Cl)c1. The van der Waals surface area contributed by atoms with Gasteiger partial charge in [-0.25, -0.2) is 0 Å². The number of aliphatic hydroxyl groups excluding tert-OH is 1. The van der Waals surface area contributed by atoms with Gasteiger partial charge in [-0.2, -0.15) is 0 Å². The maximum atomic E-state index is 12.5. The summed E-state index contributed by atoms with van der Waals surface area (Å²) in [6.07, 6.45) is -0.691. The molecule has 0 saturated carbocycles. The van der Waals surface area contributed by atoms with Crippen LogP contribution in [-0.2, 0) is 14.9 Å². The molecule has 0 unspecified atom stereocenters. The Morgan fingerprint density at radius 3 is 2.70 bits per heavy atom. The summed E-state index contributed by atoms with van der Waals surface area (Å²) in [6, 6.07) is 7.27. The van der Waals surface area contributed by atoms with Gasteiger partial charge in [-0.15, -0.1) is 0 Å². The van der Waals surface area contributed by atoms with Crippen molar-refractivity contribution >= 4 is 17.5 Å². The zero-order valence-corrected chi connectivity index (χ0v) is 13.1. The quantitative estimate of drug-likeness (QED) is 0.875. The van der Waals surface area contributed by atoms with E-state index in [1.54, 1.807) is 19.2 Å². The van der Waals surface area contributed by atoms with Crippen LogP contribution in [0.5, 0.6) is 0 Å². The van der Waals surface area contributed by atoms with Gasteiger partial charge in [0.2, 0.25) is 5.91 Å². The largest absolute Gasteiger partial charge is 0.389 e. The summed E-state index contributed by atoms with van der Waals surface area (Å²) in [7, 11) is 3.19. The van der Waals surface area contributed by atoms with E-state index in [9.17, 15) is 9.90 Å². The second-order valence-electron chi connectivity index (χ2n) is 5.43. The van der Waals surface area contributed by atoms with Gasteiger partial charge in [0.15, 0.2) is 0 Å². The number of ether oxygens (including phenoxy) is 1. The van der Waals surface area contributed by atoms with Gasteiger partial charge in [-0.1, -0.05) is 23.7 Å². The summed E-state index contributed by atoms with van der Waals surface area (Å²) in [5.41, 5.74) is 0.148. The average molecular weight is 300 g/mol. The second-order valence-corrected chi connectivity index (χ2v) is 5.87. The van der Waals surface area contributed by atoms with Crippen LogP contribution in [0.25, 0.3) is 0 Å². The monoisotopic (exact) mass is 299 g/mol. The Bertz CT molecular complexity index is 462. The molecule has 1 atom stereocenters. The first-order valence-corrected chi connectivity index (χ1v) is 6.85. The lowest BCUT2D eigenvalue weighted by Gasteiger charge is -2.31. The van der Waals surface area contributed by atoms with Crippen LogP contribution in [-0.4, -0.2) is 49.3 Å². The van der Waals surface area contributed by atoms with Crippen molar-refractivity contribution < 1.29 is 14.6 Å². The Labute approximate surface area is 125 Å². The minimum absolute atomic E-state index is 0.0741. The van der Waals surface area contributed by atoms with Crippen LogP contribution in [0.1, 0.15) is 19.4 Å². The summed E-state index contributed by atoms with van der Waals surface area (Å²) in [5, 5.41) is 10.3. The summed E-state index contributed by atoms with van der Waals surface area (Å²) in [5.74, 6) is -0.0741. The third-order valence-corrected chi connectivity index (χ3v) is 3.51. The zero-order chi connectivity index (χ0) is 15.3. The van der Waals surface area contributed by atoms with Gasteiger partial charge < -0.3 is 14.7 Å². The number of carbonyl (C=O) groups excluding carboxylic acids is 1. The smallest absolute Gasteiger partial charge is 0.232 e. The Hall–Kier alpha value is -1.10. The third kappa shape index (κ3) is 4.20. The molecule has 112 valence electrons. The molecule has 1 aromatic carbocycles. The first kappa shape index (κ1) is 17.0. The van der Waals surface area contributed by atoms with Crippen molar-refractivity contribution in [2.75, 3.05) is 27.3 Å². The van der Waals surface area contributed by atoms with Crippen molar-refractivity contribution in [3.8, 4) is 0 Å². The van der Waals surface area contributed by atoms with E-state index in [4.69, 9.17) is 16.3 Å². The minimum atomic E-state index is -0.702. The fraction of sp³-hybridized carbons (Fsp3) is 0.533. The Balaban J connectivity index is 2.83. The number of benzene rings is 1. The standard InChI is InChI=1S/C15H22ClNO3/c1-15(2,11-6-5-7-12(16)8-11)14(19)17(3)9-13(18)10-20-4/h5-8,13,18H,9-10H2,1-4H3/t13-/m0/s1. The van der Waals surface area contributed by atoms with Gasteiger partial charge in [0.05, 0.1) is 18.1 Å². The van der Waals surface area contributed by atoms with Gasteiger partial charge >= 0.3 is 0 Å². The van der Waals surface area contributed by atoms with E-state index in [2.05, 4.69) is 0 Å².